The molecule has 0 aliphatic carbocycles. The third kappa shape index (κ3) is 1.26. The van der Waals surface area contributed by atoms with Gasteiger partial charge in [-0.3, -0.25) is 4.90 Å². The van der Waals surface area contributed by atoms with Gasteiger partial charge in [-0.15, -0.1) is 0 Å². The Balaban J connectivity index is 2.06. The quantitative estimate of drug-likeness (QED) is 0.663. The second kappa shape index (κ2) is 3.31. The molecule has 2 nitrogen and oxygen atoms in total. The molecule has 2 bridgehead atoms. The fourth-order valence-electron chi connectivity index (χ4n) is 2.93. The van der Waals surface area contributed by atoms with Crippen molar-refractivity contribution in [1.29, 1.82) is 5.26 Å². The van der Waals surface area contributed by atoms with Crippen molar-refractivity contribution in [3.63, 3.8) is 0 Å². The van der Waals surface area contributed by atoms with E-state index in [2.05, 4.69) is 17.9 Å². The van der Waals surface area contributed by atoms with Crippen LogP contribution in [0.25, 0.3) is 0 Å². The molecule has 0 saturated carbocycles. The van der Waals surface area contributed by atoms with Gasteiger partial charge in [0.25, 0.3) is 0 Å². The minimum absolute atomic E-state index is 0.0418. The van der Waals surface area contributed by atoms with Crippen LogP contribution in [-0.2, 0) is 0 Å². The number of rotatable bonds is 3. The Kier molecular flexibility index (Phi) is 2.29. The van der Waals surface area contributed by atoms with E-state index in [9.17, 15) is 5.26 Å². The Bertz CT molecular complexity index is 221. The molecule has 0 aromatic carbocycles. The molecule has 0 amide bonds. The zero-order valence-electron chi connectivity index (χ0n) is 8.42. The Hall–Kier alpha value is -0.550. The lowest BCUT2D eigenvalue weighted by atomic mass is 9.89. The van der Waals surface area contributed by atoms with Crippen molar-refractivity contribution in [1.82, 2.24) is 4.90 Å². The van der Waals surface area contributed by atoms with Gasteiger partial charge in [-0.2, -0.15) is 5.26 Å². The Morgan fingerprint density at radius 1 is 1.46 bits per heavy atom. The SMILES string of the molecule is CCCCN1C2CCC1(C#N)CC2. The van der Waals surface area contributed by atoms with Crippen LogP contribution in [0.15, 0.2) is 0 Å². The lowest BCUT2D eigenvalue weighted by Gasteiger charge is -2.27. The number of unbranched alkanes of at least 4 members (excludes halogenated alkanes) is 1. The maximum Gasteiger partial charge on any atom is 0.109 e. The predicted molar refractivity (Wildman–Crippen MR) is 52.2 cm³/mol. The topological polar surface area (TPSA) is 27.0 Å². The van der Waals surface area contributed by atoms with E-state index >= 15 is 0 Å². The molecule has 0 atom stereocenters. The van der Waals surface area contributed by atoms with Crippen LogP contribution >= 0.6 is 0 Å². The van der Waals surface area contributed by atoms with Crippen molar-refractivity contribution < 1.29 is 0 Å². The first kappa shape index (κ1) is 9.02. The molecule has 2 fully saturated rings. The first-order chi connectivity index (χ1) is 6.32. The van der Waals surface area contributed by atoms with Gasteiger partial charge in [-0.1, -0.05) is 13.3 Å². The van der Waals surface area contributed by atoms with Crippen LogP contribution in [0.4, 0.5) is 0 Å². The van der Waals surface area contributed by atoms with Gasteiger partial charge >= 0.3 is 0 Å². The number of nitriles is 1. The van der Waals surface area contributed by atoms with E-state index < -0.39 is 0 Å². The van der Waals surface area contributed by atoms with Crippen molar-refractivity contribution in [2.45, 2.75) is 57.0 Å². The lowest BCUT2D eigenvalue weighted by molar-refractivity contribution is 0.200. The fourth-order valence-corrected chi connectivity index (χ4v) is 2.93. The molecular formula is C11H18N2. The largest absolute Gasteiger partial charge is 0.283 e. The smallest absolute Gasteiger partial charge is 0.109 e. The molecular weight excluding hydrogens is 160 g/mol. The third-order valence-corrected chi connectivity index (χ3v) is 3.73. The summed E-state index contributed by atoms with van der Waals surface area (Å²) in [5.74, 6) is 0. The Morgan fingerprint density at radius 3 is 2.69 bits per heavy atom. The van der Waals surface area contributed by atoms with E-state index in [4.69, 9.17) is 0 Å². The molecule has 13 heavy (non-hydrogen) atoms. The molecule has 0 N–H and O–H groups in total. The lowest BCUT2D eigenvalue weighted by Crippen LogP contribution is -2.40. The highest BCUT2D eigenvalue weighted by atomic mass is 15.3. The minimum atomic E-state index is -0.0418. The van der Waals surface area contributed by atoms with Gasteiger partial charge in [0.1, 0.15) is 5.54 Å². The molecule has 2 aliphatic rings. The summed E-state index contributed by atoms with van der Waals surface area (Å²) >= 11 is 0. The number of nitrogens with zero attached hydrogens (tertiary/aromatic N) is 2. The standard InChI is InChI=1S/C11H18N2/c1-2-3-8-13-10-4-6-11(13,9-12)7-5-10/h10H,2-8H2,1H3. The molecule has 0 aromatic heterocycles. The van der Waals surface area contributed by atoms with Crippen molar-refractivity contribution in [3.05, 3.63) is 0 Å². The number of hydrogen-bond donors (Lipinski definition) is 0. The maximum absolute atomic E-state index is 9.22. The predicted octanol–water partition coefficient (Wildman–Crippen LogP) is 2.31. The van der Waals surface area contributed by atoms with Crippen LogP contribution in [-0.4, -0.2) is 23.0 Å². The summed E-state index contributed by atoms with van der Waals surface area (Å²) in [7, 11) is 0. The van der Waals surface area contributed by atoms with Gasteiger partial charge in [0.15, 0.2) is 0 Å². The van der Waals surface area contributed by atoms with Crippen molar-refractivity contribution in [2.24, 2.45) is 0 Å². The Labute approximate surface area is 80.5 Å². The van der Waals surface area contributed by atoms with E-state index in [-0.39, 0.29) is 5.54 Å². The molecule has 2 aliphatic heterocycles. The second-order valence-electron chi connectivity index (χ2n) is 4.42. The van der Waals surface area contributed by atoms with Crippen LogP contribution in [0.2, 0.25) is 0 Å². The molecule has 2 saturated heterocycles. The van der Waals surface area contributed by atoms with Crippen LogP contribution in [0.1, 0.15) is 45.4 Å². The highest BCUT2D eigenvalue weighted by Crippen LogP contribution is 2.45. The van der Waals surface area contributed by atoms with Crippen LogP contribution in [0.3, 0.4) is 0 Å². The van der Waals surface area contributed by atoms with Crippen LogP contribution in [0, 0.1) is 11.3 Å². The third-order valence-electron chi connectivity index (χ3n) is 3.73. The molecule has 0 spiro atoms. The average molecular weight is 178 g/mol. The van der Waals surface area contributed by atoms with Gasteiger partial charge < -0.3 is 0 Å². The van der Waals surface area contributed by atoms with E-state index in [1.54, 1.807) is 0 Å². The fraction of sp³-hybridized carbons (Fsp3) is 0.909. The average Bonchev–Trinajstić information content (AvgIpc) is 2.70. The zero-order chi connectivity index (χ0) is 9.31. The maximum atomic E-state index is 9.22. The normalized spacial score (nSPS) is 38.0. The summed E-state index contributed by atoms with van der Waals surface area (Å²) in [6.45, 7) is 3.37. The second-order valence-corrected chi connectivity index (χ2v) is 4.42. The van der Waals surface area contributed by atoms with E-state index in [1.165, 1.54) is 25.7 Å². The van der Waals surface area contributed by atoms with E-state index in [1.807, 2.05) is 0 Å². The van der Waals surface area contributed by atoms with Crippen molar-refractivity contribution in [2.75, 3.05) is 6.54 Å². The van der Waals surface area contributed by atoms with Crippen molar-refractivity contribution >= 4 is 0 Å². The summed E-state index contributed by atoms with van der Waals surface area (Å²) in [5, 5.41) is 9.22. The van der Waals surface area contributed by atoms with Gasteiger partial charge in [0.2, 0.25) is 0 Å². The summed E-state index contributed by atoms with van der Waals surface area (Å²) in [5.41, 5.74) is -0.0418. The van der Waals surface area contributed by atoms with Gasteiger partial charge in [-0.05, 0) is 38.6 Å². The minimum Gasteiger partial charge on any atom is -0.283 e. The highest BCUT2D eigenvalue weighted by molar-refractivity contribution is 5.18. The van der Waals surface area contributed by atoms with E-state index in [0.717, 1.165) is 25.4 Å². The molecule has 72 valence electrons. The highest BCUT2D eigenvalue weighted by Gasteiger charge is 2.51. The van der Waals surface area contributed by atoms with Gasteiger partial charge in [-0.25, -0.2) is 0 Å². The summed E-state index contributed by atoms with van der Waals surface area (Å²) < 4.78 is 0. The first-order valence-corrected chi connectivity index (χ1v) is 5.50. The molecule has 2 heteroatoms. The molecule has 0 unspecified atom stereocenters. The first-order valence-electron chi connectivity index (χ1n) is 5.50. The van der Waals surface area contributed by atoms with E-state index in [0.29, 0.717) is 0 Å². The molecule has 2 rings (SSSR count). The van der Waals surface area contributed by atoms with Crippen LogP contribution < -0.4 is 0 Å². The monoisotopic (exact) mass is 178 g/mol. The molecule has 2 heterocycles. The molecule has 0 aromatic rings. The van der Waals surface area contributed by atoms with Gasteiger partial charge in [0.05, 0.1) is 6.07 Å². The summed E-state index contributed by atoms with van der Waals surface area (Å²) in [4.78, 5) is 2.48. The summed E-state index contributed by atoms with van der Waals surface area (Å²) in [6.07, 6.45) is 7.26. The zero-order valence-corrected chi connectivity index (χ0v) is 8.42. The van der Waals surface area contributed by atoms with Crippen LogP contribution in [0.5, 0.6) is 0 Å². The molecule has 0 radical (unpaired) electrons. The van der Waals surface area contributed by atoms with Crippen molar-refractivity contribution in [3.8, 4) is 6.07 Å². The number of hydrogen-bond acceptors (Lipinski definition) is 2. The number of fused-ring (bicyclic) bond motifs is 2. The Morgan fingerprint density at radius 2 is 2.15 bits per heavy atom. The summed E-state index contributed by atoms with van der Waals surface area (Å²) in [6, 6.07) is 3.30. The van der Waals surface area contributed by atoms with Gasteiger partial charge in [0, 0.05) is 6.04 Å².